The van der Waals surface area contributed by atoms with Crippen molar-refractivity contribution in [3.8, 4) is 11.1 Å². The summed E-state index contributed by atoms with van der Waals surface area (Å²) in [5.41, 5.74) is 4.51. The molecular weight excluding hydrogens is 432 g/mol. The lowest BCUT2D eigenvalue weighted by atomic mass is 9.98. The van der Waals surface area contributed by atoms with E-state index in [1.54, 1.807) is 6.08 Å². The third-order valence-electron chi connectivity index (χ3n) is 6.62. The molecule has 178 valence electrons. The zero-order valence-electron chi connectivity index (χ0n) is 19.0. The third kappa shape index (κ3) is 5.47. The maximum absolute atomic E-state index is 12.7. The average Bonchev–Trinajstić information content (AvgIpc) is 3.62. The third-order valence-corrected chi connectivity index (χ3v) is 6.62. The van der Waals surface area contributed by atoms with Crippen LogP contribution in [-0.4, -0.2) is 42.3 Å². The van der Waals surface area contributed by atoms with Crippen LogP contribution in [0.5, 0.6) is 0 Å². The highest BCUT2D eigenvalue weighted by Gasteiger charge is 2.34. The molecule has 2 atom stereocenters. The number of aliphatic carboxylic acids is 1. The molecule has 2 aromatic carbocycles. The number of benzene rings is 2. The molecule has 0 aromatic heterocycles. The van der Waals surface area contributed by atoms with Crippen LogP contribution in [0.4, 0.5) is 4.79 Å². The number of rotatable bonds is 11. The molecule has 7 heteroatoms. The number of ether oxygens (including phenoxy) is 1. The number of fused-ring (bicyclic) bond motifs is 3. The molecule has 0 heterocycles. The van der Waals surface area contributed by atoms with Crippen LogP contribution >= 0.6 is 0 Å². The van der Waals surface area contributed by atoms with Crippen LogP contribution in [0.2, 0.25) is 0 Å². The predicted molar refractivity (Wildman–Crippen MR) is 128 cm³/mol. The first-order valence-corrected chi connectivity index (χ1v) is 11.7. The lowest BCUT2D eigenvalue weighted by molar-refractivity contribution is -0.138. The Morgan fingerprint density at radius 1 is 1.06 bits per heavy atom. The van der Waals surface area contributed by atoms with Gasteiger partial charge in [-0.25, -0.2) is 4.79 Å². The van der Waals surface area contributed by atoms with Crippen molar-refractivity contribution in [3.05, 3.63) is 72.3 Å². The van der Waals surface area contributed by atoms with Gasteiger partial charge in [-0.2, -0.15) is 0 Å². The first-order chi connectivity index (χ1) is 16.5. The summed E-state index contributed by atoms with van der Waals surface area (Å²) >= 11 is 0. The van der Waals surface area contributed by atoms with Crippen LogP contribution in [0.1, 0.15) is 42.7 Å². The molecule has 2 aliphatic carbocycles. The monoisotopic (exact) mass is 462 g/mol. The van der Waals surface area contributed by atoms with Crippen LogP contribution in [0.3, 0.4) is 0 Å². The maximum atomic E-state index is 12.7. The van der Waals surface area contributed by atoms with Crippen molar-refractivity contribution in [2.45, 2.75) is 37.6 Å². The molecule has 1 saturated carbocycles. The summed E-state index contributed by atoms with van der Waals surface area (Å²) in [6.45, 7) is 4.10. The quantitative estimate of drug-likeness (QED) is 0.437. The fourth-order valence-corrected chi connectivity index (χ4v) is 4.73. The molecule has 0 saturated heterocycles. The Labute approximate surface area is 199 Å². The van der Waals surface area contributed by atoms with Gasteiger partial charge < -0.3 is 20.5 Å². The standard InChI is InChI=1S/C27H30N2O5/c1-2-7-24(26(32)28-15-18(14-25(30)31)17-12-13-17)29-27(33)34-16-23-21-10-5-3-8-19(21)20-9-4-6-11-22(20)23/h2-6,8-11,17-18,23-24H,1,7,12-16H2,(H,28,32)(H,29,33)(H,30,31). The van der Waals surface area contributed by atoms with Gasteiger partial charge in [0.1, 0.15) is 12.6 Å². The van der Waals surface area contributed by atoms with E-state index in [4.69, 9.17) is 9.84 Å². The average molecular weight is 463 g/mol. The van der Waals surface area contributed by atoms with Gasteiger partial charge in [0.25, 0.3) is 0 Å². The van der Waals surface area contributed by atoms with E-state index in [2.05, 4.69) is 29.3 Å². The lowest BCUT2D eigenvalue weighted by Gasteiger charge is -2.20. The zero-order valence-corrected chi connectivity index (χ0v) is 19.0. The highest BCUT2D eigenvalue weighted by Crippen LogP contribution is 2.44. The fraction of sp³-hybridized carbons (Fsp3) is 0.370. The van der Waals surface area contributed by atoms with Gasteiger partial charge in [0.15, 0.2) is 0 Å². The molecule has 34 heavy (non-hydrogen) atoms. The van der Waals surface area contributed by atoms with E-state index < -0.39 is 18.1 Å². The van der Waals surface area contributed by atoms with Gasteiger partial charge in [-0.05, 0) is 53.4 Å². The summed E-state index contributed by atoms with van der Waals surface area (Å²) in [7, 11) is 0. The lowest BCUT2D eigenvalue weighted by Crippen LogP contribution is -2.48. The Bertz CT molecular complexity index is 1030. The first-order valence-electron chi connectivity index (χ1n) is 11.7. The fourth-order valence-electron chi connectivity index (χ4n) is 4.73. The zero-order chi connectivity index (χ0) is 24.1. The van der Waals surface area contributed by atoms with Crippen molar-refractivity contribution in [3.63, 3.8) is 0 Å². The summed E-state index contributed by atoms with van der Waals surface area (Å²) in [6, 6.07) is 15.3. The van der Waals surface area contributed by atoms with Crippen molar-refractivity contribution in [2.24, 2.45) is 11.8 Å². The maximum Gasteiger partial charge on any atom is 0.407 e. The van der Waals surface area contributed by atoms with Crippen molar-refractivity contribution >= 4 is 18.0 Å². The number of nitrogens with one attached hydrogen (secondary N) is 2. The number of hydrogen-bond acceptors (Lipinski definition) is 4. The SMILES string of the molecule is C=CCC(NC(=O)OCC1c2ccccc2-c2ccccc21)C(=O)NCC(CC(=O)O)C1CC1. The van der Waals surface area contributed by atoms with Gasteiger partial charge in [0, 0.05) is 12.5 Å². The first kappa shape index (κ1) is 23.5. The van der Waals surface area contributed by atoms with E-state index in [1.165, 1.54) is 0 Å². The van der Waals surface area contributed by atoms with E-state index in [9.17, 15) is 14.4 Å². The van der Waals surface area contributed by atoms with Crippen molar-refractivity contribution in [1.82, 2.24) is 10.6 Å². The summed E-state index contributed by atoms with van der Waals surface area (Å²) in [6.07, 6.45) is 3.13. The van der Waals surface area contributed by atoms with Crippen molar-refractivity contribution in [1.29, 1.82) is 0 Å². The van der Waals surface area contributed by atoms with E-state index in [0.717, 1.165) is 35.1 Å². The van der Waals surface area contributed by atoms with Crippen LogP contribution in [-0.2, 0) is 14.3 Å². The Hall–Kier alpha value is -3.61. The largest absolute Gasteiger partial charge is 0.481 e. The van der Waals surface area contributed by atoms with Crippen LogP contribution < -0.4 is 10.6 Å². The Balaban J connectivity index is 1.34. The number of carbonyl (C=O) groups is 3. The Morgan fingerprint density at radius 2 is 1.68 bits per heavy atom. The highest BCUT2D eigenvalue weighted by atomic mass is 16.5. The molecule has 1 fully saturated rings. The van der Waals surface area contributed by atoms with E-state index in [-0.39, 0.29) is 43.7 Å². The number of amides is 2. The molecular formula is C27H30N2O5. The van der Waals surface area contributed by atoms with Crippen LogP contribution in [0.15, 0.2) is 61.2 Å². The minimum atomic E-state index is -0.870. The topological polar surface area (TPSA) is 105 Å². The summed E-state index contributed by atoms with van der Waals surface area (Å²) in [4.78, 5) is 36.4. The van der Waals surface area contributed by atoms with Gasteiger partial charge >= 0.3 is 12.1 Å². The number of alkyl carbamates (subject to hydrolysis) is 1. The number of carbonyl (C=O) groups excluding carboxylic acids is 2. The van der Waals surface area contributed by atoms with Gasteiger partial charge in [-0.15, -0.1) is 6.58 Å². The van der Waals surface area contributed by atoms with E-state index >= 15 is 0 Å². The number of carboxylic acid groups (broad SMARTS) is 1. The molecule has 2 aromatic rings. The van der Waals surface area contributed by atoms with Gasteiger partial charge in [-0.3, -0.25) is 9.59 Å². The Morgan fingerprint density at radius 3 is 2.24 bits per heavy atom. The van der Waals surface area contributed by atoms with E-state index in [0.29, 0.717) is 5.92 Å². The summed E-state index contributed by atoms with van der Waals surface area (Å²) in [5.74, 6) is -1.07. The van der Waals surface area contributed by atoms with Gasteiger partial charge in [-0.1, -0.05) is 54.6 Å². The molecule has 0 radical (unpaired) electrons. The molecule has 3 N–H and O–H groups in total. The Kier molecular flexibility index (Phi) is 7.30. The molecule has 0 spiro atoms. The molecule has 2 aliphatic rings. The van der Waals surface area contributed by atoms with Crippen LogP contribution in [0, 0.1) is 11.8 Å². The minimum absolute atomic E-state index is 0.0247. The van der Waals surface area contributed by atoms with Crippen molar-refractivity contribution in [2.75, 3.05) is 13.2 Å². The second-order valence-corrected chi connectivity index (χ2v) is 8.99. The molecule has 0 bridgehead atoms. The molecule has 2 unspecified atom stereocenters. The second-order valence-electron chi connectivity index (χ2n) is 8.99. The predicted octanol–water partition coefficient (Wildman–Crippen LogP) is 4.09. The molecule has 4 rings (SSSR count). The molecule has 2 amide bonds. The van der Waals surface area contributed by atoms with Crippen LogP contribution in [0.25, 0.3) is 11.1 Å². The van der Waals surface area contributed by atoms with Crippen molar-refractivity contribution < 1.29 is 24.2 Å². The second kappa shape index (κ2) is 10.5. The van der Waals surface area contributed by atoms with Gasteiger partial charge in [0.05, 0.1) is 6.42 Å². The number of hydrogen-bond donors (Lipinski definition) is 3. The summed E-state index contributed by atoms with van der Waals surface area (Å²) < 4.78 is 5.55. The van der Waals surface area contributed by atoms with E-state index in [1.807, 2.05) is 36.4 Å². The normalized spacial score (nSPS) is 16.0. The van der Waals surface area contributed by atoms with Gasteiger partial charge in [0.2, 0.25) is 5.91 Å². The minimum Gasteiger partial charge on any atom is -0.481 e. The number of carboxylic acids is 1. The molecule has 7 nitrogen and oxygen atoms in total. The molecule has 0 aliphatic heterocycles. The highest BCUT2D eigenvalue weighted by molar-refractivity contribution is 5.86. The smallest absolute Gasteiger partial charge is 0.407 e. The summed E-state index contributed by atoms with van der Waals surface area (Å²) in [5, 5.41) is 14.6.